The van der Waals surface area contributed by atoms with Gasteiger partial charge in [-0.3, -0.25) is 9.59 Å². The van der Waals surface area contributed by atoms with Crippen LogP contribution < -0.4 is 5.32 Å². The van der Waals surface area contributed by atoms with Crippen molar-refractivity contribution in [2.45, 2.75) is 58.2 Å². The quantitative estimate of drug-likeness (QED) is 0.739. The molecule has 4 rings (SSSR count). The number of benzene rings is 2. The highest BCUT2D eigenvalue weighted by atomic mass is 16.5. The number of carbonyl (C=O) groups excluding carboxylic acids is 2. The molecule has 2 amide bonds. The monoisotopic (exact) mass is 434 g/mol. The third-order valence-electron chi connectivity index (χ3n) is 6.57. The molecule has 2 heterocycles. The zero-order valence-corrected chi connectivity index (χ0v) is 19.1. The van der Waals surface area contributed by atoms with Crippen molar-refractivity contribution in [3.05, 3.63) is 71.3 Å². The van der Waals surface area contributed by atoms with Gasteiger partial charge >= 0.3 is 0 Å². The van der Waals surface area contributed by atoms with E-state index in [-0.39, 0.29) is 29.8 Å². The Morgan fingerprint density at radius 1 is 1.06 bits per heavy atom. The molecule has 0 aliphatic carbocycles. The lowest BCUT2D eigenvalue weighted by molar-refractivity contribution is -0.142. The number of fused-ring (bicyclic) bond motifs is 1. The molecule has 1 saturated heterocycles. The lowest BCUT2D eigenvalue weighted by Crippen LogP contribution is -2.53. The molecule has 0 aromatic heterocycles. The van der Waals surface area contributed by atoms with Gasteiger partial charge in [0.15, 0.2) is 0 Å². The minimum atomic E-state index is -0.462. The van der Waals surface area contributed by atoms with Crippen LogP contribution in [0.3, 0.4) is 0 Å². The predicted octanol–water partition coefficient (Wildman–Crippen LogP) is 4.27. The van der Waals surface area contributed by atoms with E-state index in [9.17, 15) is 9.59 Å². The van der Waals surface area contributed by atoms with E-state index in [2.05, 4.69) is 29.6 Å². The summed E-state index contributed by atoms with van der Waals surface area (Å²) in [5.41, 5.74) is 3.45. The van der Waals surface area contributed by atoms with Crippen molar-refractivity contribution in [2.24, 2.45) is 11.8 Å². The molecule has 3 atom stereocenters. The Balaban J connectivity index is 1.47. The third kappa shape index (κ3) is 5.21. The third-order valence-corrected chi connectivity index (χ3v) is 6.57. The van der Waals surface area contributed by atoms with Crippen LogP contribution in [0.15, 0.2) is 54.6 Å². The van der Waals surface area contributed by atoms with Crippen molar-refractivity contribution in [3.8, 4) is 0 Å². The Bertz CT molecular complexity index is 928. The molecule has 3 unspecified atom stereocenters. The molecule has 1 fully saturated rings. The molecule has 5 heteroatoms. The minimum absolute atomic E-state index is 0.00370. The Labute approximate surface area is 191 Å². The maximum Gasteiger partial charge on any atom is 0.243 e. The highest BCUT2D eigenvalue weighted by Gasteiger charge is 2.35. The number of nitrogens with zero attached hydrogens (tertiary/aromatic N) is 1. The summed E-state index contributed by atoms with van der Waals surface area (Å²) >= 11 is 0. The fourth-order valence-electron chi connectivity index (χ4n) is 4.90. The highest BCUT2D eigenvalue weighted by Crippen LogP contribution is 2.33. The first kappa shape index (κ1) is 22.5. The van der Waals surface area contributed by atoms with Gasteiger partial charge < -0.3 is 15.0 Å². The summed E-state index contributed by atoms with van der Waals surface area (Å²) in [6, 6.07) is 17.9. The number of amides is 2. The van der Waals surface area contributed by atoms with Crippen LogP contribution in [0.2, 0.25) is 0 Å². The van der Waals surface area contributed by atoms with Gasteiger partial charge in [0.1, 0.15) is 6.04 Å². The van der Waals surface area contributed by atoms with Gasteiger partial charge in [-0.15, -0.1) is 0 Å². The van der Waals surface area contributed by atoms with Crippen LogP contribution in [-0.2, 0) is 27.3 Å². The van der Waals surface area contributed by atoms with Crippen LogP contribution in [0.1, 0.15) is 55.9 Å². The van der Waals surface area contributed by atoms with E-state index in [1.165, 1.54) is 0 Å². The van der Waals surface area contributed by atoms with Gasteiger partial charge in [-0.25, -0.2) is 0 Å². The second-order valence-electron chi connectivity index (χ2n) is 9.46. The van der Waals surface area contributed by atoms with Crippen LogP contribution in [0.5, 0.6) is 0 Å². The van der Waals surface area contributed by atoms with Crippen molar-refractivity contribution >= 4 is 11.8 Å². The molecular weight excluding hydrogens is 400 g/mol. The van der Waals surface area contributed by atoms with E-state index >= 15 is 0 Å². The average Bonchev–Trinajstić information content (AvgIpc) is 2.82. The Hall–Kier alpha value is -2.66. The van der Waals surface area contributed by atoms with E-state index in [0.717, 1.165) is 36.1 Å². The Morgan fingerprint density at radius 3 is 2.53 bits per heavy atom. The SMILES string of the molecule is CC(C)CC(=O)N1Cc2ccccc2CC1C(=O)NCC1CCCOC1c1ccccc1. The second-order valence-corrected chi connectivity index (χ2v) is 9.46. The molecule has 5 nitrogen and oxygen atoms in total. The van der Waals surface area contributed by atoms with Crippen LogP contribution in [-0.4, -0.2) is 35.9 Å². The number of hydrogen-bond donors (Lipinski definition) is 1. The molecular formula is C27H34N2O3. The van der Waals surface area contributed by atoms with Crippen molar-refractivity contribution in [1.82, 2.24) is 10.2 Å². The number of ether oxygens (including phenoxy) is 1. The van der Waals surface area contributed by atoms with Gasteiger partial charge in [-0.05, 0) is 35.4 Å². The van der Waals surface area contributed by atoms with Gasteiger partial charge in [0.25, 0.3) is 0 Å². The van der Waals surface area contributed by atoms with E-state index < -0.39 is 6.04 Å². The predicted molar refractivity (Wildman–Crippen MR) is 125 cm³/mol. The molecule has 2 aliphatic rings. The van der Waals surface area contributed by atoms with Crippen molar-refractivity contribution < 1.29 is 14.3 Å². The van der Waals surface area contributed by atoms with Gasteiger partial charge in [-0.2, -0.15) is 0 Å². The van der Waals surface area contributed by atoms with Crippen LogP contribution in [0, 0.1) is 11.8 Å². The van der Waals surface area contributed by atoms with Gasteiger partial charge in [0, 0.05) is 38.5 Å². The van der Waals surface area contributed by atoms with Crippen LogP contribution >= 0.6 is 0 Å². The lowest BCUT2D eigenvalue weighted by Gasteiger charge is -2.37. The zero-order valence-electron chi connectivity index (χ0n) is 19.1. The minimum Gasteiger partial charge on any atom is -0.373 e. The first-order chi connectivity index (χ1) is 15.5. The lowest BCUT2D eigenvalue weighted by atomic mass is 9.89. The molecule has 0 radical (unpaired) electrons. The first-order valence-electron chi connectivity index (χ1n) is 11.8. The molecule has 0 bridgehead atoms. The molecule has 1 N–H and O–H groups in total. The zero-order chi connectivity index (χ0) is 22.5. The van der Waals surface area contributed by atoms with E-state index in [0.29, 0.717) is 25.9 Å². The summed E-state index contributed by atoms with van der Waals surface area (Å²) in [5.74, 6) is 0.479. The van der Waals surface area contributed by atoms with Crippen LogP contribution in [0.25, 0.3) is 0 Å². The largest absolute Gasteiger partial charge is 0.373 e. The fraction of sp³-hybridized carbons (Fsp3) is 0.481. The summed E-state index contributed by atoms with van der Waals surface area (Å²) in [7, 11) is 0. The summed E-state index contributed by atoms with van der Waals surface area (Å²) in [6.07, 6.45) is 3.03. The fourth-order valence-corrected chi connectivity index (χ4v) is 4.90. The molecule has 2 aromatic carbocycles. The summed E-state index contributed by atoms with van der Waals surface area (Å²) in [5, 5.41) is 3.18. The smallest absolute Gasteiger partial charge is 0.243 e. The summed E-state index contributed by atoms with van der Waals surface area (Å²) in [6.45, 7) is 5.89. The molecule has 2 aliphatic heterocycles. The number of rotatable bonds is 6. The number of carbonyl (C=O) groups is 2. The molecule has 0 spiro atoms. The van der Waals surface area contributed by atoms with Crippen molar-refractivity contribution in [1.29, 1.82) is 0 Å². The molecule has 0 saturated carbocycles. The normalized spacial score (nSPS) is 23.0. The molecule has 2 aromatic rings. The van der Waals surface area contributed by atoms with Crippen molar-refractivity contribution in [2.75, 3.05) is 13.2 Å². The van der Waals surface area contributed by atoms with E-state index in [4.69, 9.17) is 4.74 Å². The second kappa shape index (κ2) is 10.3. The standard InChI is InChI=1S/C27H34N2O3/c1-19(2)15-25(30)29-18-23-12-7-6-11-21(23)16-24(29)27(31)28-17-22-13-8-14-32-26(22)20-9-4-3-5-10-20/h3-7,9-12,19,22,24,26H,8,13-18H2,1-2H3,(H,28,31). The summed E-state index contributed by atoms with van der Waals surface area (Å²) in [4.78, 5) is 28.1. The maximum atomic E-state index is 13.3. The van der Waals surface area contributed by atoms with Crippen LogP contribution in [0.4, 0.5) is 0 Å². The maximum absolute atomic E-state index is 13.3. The number of hydrogen-bond acceptors (Lipinski definition) is 3. The molecule has 32 heavy (non-hydrogen) atoms. The van der Waals surface area contributed by atoms with Gasteiger partial charge in [0.2, 0.25) is 11.8 Å². The van der Waals surface area contributed by atoms with Gasteiger partial charge in [0.05, 0.1) is 6.10 Å². The highest BCUT2D eigenvalue weighted by molar-refractivity contribution is 5.88. The summed E-state index contributed by atoms with van der Waals surface area (Å²) < 4.78 is 6.09. The Kier molecular flexibility index (Phi) is 7.26. The topological polar surface area (TPSA) is 58.6 Å². The van der Waals surface area contributed by atoms with E-state index in [1.54, 1.807) is 4.90 Å². The number of nitrogens with one attached hydrogen (secondary N) is 1. The van der Waals surface area contributed by atoms with Crippen molar-refractivity contribution in [3.63, 3.8) is 0 Å². The average molecular weight is 435 g/mol. The van der Waals surface area contributed by atoms with Gasteiger partial charge in [-0.1, -0.05) is 68.4 Å². The first-order valence-corrected chi connectivity index (χ1v) is 11.8. The van der Waals surface area contributed by atoms with E-state index in [1.807, 2.05) is 44.2 Å². The molecule has 170 valence electrons. The Morgan fingerprint density at radius 2 is 1.78 bits per heavy atom.